The summed E-state index contributed by atoms with van der Waals surface area (Å²) >= 11 is 0. The third kappa shape index (κ3) is 3.21. The smallest absolute Gasteiger partial charge is 0.152 e. The Hall–Kier alpha value is -1.95. The molecule has 0 unspecified atom stereocenters. The number of nitrogens with zero attached hydrogens (tertiary/aromatic N) is 5. The molecule has 0 amide bonds. The molecule has 0 radical (unpaired) electrons. The first kappa shape index (κ1) is 14.0. The Balaban J connectivity index is 1.73. The third-order valence-electron chi connectivity index (χ3n) is 3.67. The van der Waals surface area contributed by atoms with Gasteiger partial charge in [-0.3, -0.25) is 0 Å². The van der Waals surface area contributed by atoms with Crippen molar-refractivity contribution in [3.05, 3.63) is 36.0 Å². The highest BCUT2D eigenvalue weighted by molar-refractivity contribution is 5.47. The Morgan fingerprint density at radius 3 is 3.10 bits per heavy atom. The van der Waals surface area contributed by atoms with Crippen molar-refractivity contribution in [1.82, 2.24) is 25.1 Å². The fourth-order valence-corrected chi connectivity index (χ4v) is 2.60. The van der Waals surface area contributed by atoms with Gasteiger partial charge in [-0.1, -0.05) is 19.9 Å². The van der Waals surface area contributed by atoms with Crippen LogP contribution in [0.5, 0.6) is 0 Å². The molecule has 6 nitrogen and oxygen atoms in total. The van der Waals surface area contributed by atoms with E-state index in [-0.39, 0.29) is 0 Å². The summed E-state index contributed by atoms with van der Waals surface area (Å²) in [5, 5.41) is 11.6. The van der Waals surface area contributed by atoms with Crippen molar-refractivity contribution < 1.29 is 0 Å². The maximum atomic E-state index is 4.59. The zero-order valence-electron chi connectivity index (χ0n) is 12.7. The van der Waals surface area contributed by atoms with Gasteiger partial charge in [0.05, 0.1) is 6.54 Å². The highest BCUT2D eigenvalue weighted by atomic mass is 15.3. The fourth-order valence-electron chi connectivity index (χ4n) is 2.60. The van der Waals surface area contributed by atoms with Crippen molar-refractivity contribution in [3.63, 3.8) is 0 Å². The minimum Gasteiger partial charge on any atom is -0.347 e. The number of fused-ring (bicyclic) bond motifs is 1. The van der Waals surface area contributed by atoms with E-state index in [4.69, 9.17) is 0 Å². The van der Waals surface area contributed by atoms with E-state index in [1.807, 2.05) is 12.3 Å². The minimum absolute atomic E-state index is 0.652. The number of nitrogens with one attached hydrogen (secondary N) is 1. The second-order valence-electron chi connectivity index (χ2n) is 5.87. The number of hydrogen-bond donors (Lipinski definition) is 1. The summed E-state index contributed by atoms with van der Waals surface area (Å²) in [7, 11) is 0. The van der Waals surface area contributed by atoms with Crippen molar-refractivity contribution in [3.8, 4) is 0 Å². The zero-order chi connectivity index (χ0) is 14.7. The van der Waals surface area contributed by atoms with Gasteiger partial charge in [0.1, 0.15) is 12.1 Å². The summed E-state index contributed by atoms with van der Waals surface area (Å²) in [6.07, 6.45) is 3.66. The molecule has 1 N–H and O–H groups in total. The van der Waals surface area contributed by atoms with Gasteiger partial charge < -0.3 is 14.8 Å². The predicted octanol–water partition coefficient (Wildman–Crippen LogP) is 1.44. The molecule has 0 aromatic carbocycles. The molecule has 0 bridgehead atoms. The summed E-state index contributed by atoms with van der Waals surface area (Å²) in [6.45, 7) is 8.93. The molecular weight excluding hydrogens is 264 g/mol. The molecule has 3 rings (SSSR count). The van der Waals surface area contributed by atoms with Crippen LogP contribution in [0, 0.1) is 5.92 Å². The van der Waals surface area contributed by atoms with E-state index in [0.717, 1.165) is 44.4 Å². The maximum absolute atomic E-state index is 4.59. The van der Waals surface area contributed by atoms with Crippen LogP contribution < -0.4 is 10.2 Å². The van der Waals surface area contributed by atoms with Gasteiger partial charge in [0, 0.05) is 31.4 Å². The van der Waals surface area contributed by atoms with Gasteiger partial charge in [-0.05, 0) is 18.5 Å². The predicted molar refractivity (Wildman–Crippen MR) is 81.9 cm³/mol. The van der Waals surface area contributed by atoms with E-state index in [1.165, 1.54) is 5.56 Å². The van der Waals surface area contributed by atoms with Crippen molar-refractivity contribution in [2.75, 3.05) is 18.0 Å². The molecule has 0 aliphatic carbocycles. The first-order valence-electron chi connectivity index (χ1n) is 7.50. The van der Waals surface area contributed by atoms with Gasteiger partial charge in [-0.2, -0.15) is 0 Å². The second kappa shape index (κ2) is 6.22. The summed E-state index contributed by atoms with van der Waals surface area (Å²) < 4.78 is 2.11. The van der Waals surface area contributed by atoms with Gasteiger partial charge >= 0.3 is 0 Å². The number of anilines is 1. The monoisotopic (exact) mass is 286 g/mol. The largest absolute Gasteiger partial charge is 0.347 e. The molecule has 21 heavy (non-hydrogen) atoms. The third-order valence-corrected chi connectivity index (χ3v) is 3.67. The van der Waals surface area contributed by atoms with Crippen LogP contribution in [-0.2, 0) is 19.6 Å². The van der Waals surface area contributed by atoms with Crippen LogP contribution in [0.2, 0.25) is 0 Å². The molecular formula is C15H22N6. The average molecular weight is 286 g/mol. The van der Waals surface area contributed by atoms with Gasteiger partial charge in [-0.15, -0.1) is 10.2 Å². The summed E-state index contributed by atoms with van der Waals surface area (Å²) in [5.74, 6) is 2.72. The zero-order valence-corrected chi connectivity index (χ0v) is 12.7. The first-order chi connectivity index (χ1) is 10.2. The molecule has 0 spiro atoms. The Kier molecular flexibility index (Phi) is 4.15. The Labute approximate surface area is 125 Å². The van der Waals surface area contributed by atoms with E-state index in [2.05, 4.69) is 49.9 Å². The van der Waals surface area contributed by atoms with Crippen LogP contribution in [0.3, 0.4) is 0 Å². The highest BCUT2D eigenvalue weighted by Crippen LogP contribution is 2.21. The van der Waals surface area contributed by atoms with Crippen molar-refractivity contribution >= 4 is 5.82 Å². The van der Waals surface area contributed by atoms with Crippen molar-refractivity contribution in [2.45, 2.75) is 33.5 Å². The molecule has 1 aliphatic heterocycles. The Morgan fingerprint density at radius 2 is 2.24 bits per heavy atom. The maximum Gasteiger partial charge on any atom is 0.152 e. The summed E-state index contributed by atoms with van der Waals surface area (Å²) in [6, 6.07) is 4.15. The average Bonchev–Trinajstić information content (AvgIpc) is 2.95. The summed E-state index contributed by atoms with van der Waals surface area (Å²) in [4.78, 5) is 6.87. The molecule has 0 atom stereocenters. The van der Waals surface area contributed by atoms with Crippen LogP contribution in [0.15, 0.2) is 24.7 Å². The van der Waals surface area contributed by atoms with E-state index >= 15 is 0 Å². The molecule has 6 heteroatoms. The van der Waals surface area contributed by atoms with E-state index in [0.29, 0.717) is 5.92 Å². The number of aromatic nitrogens is 4. The molecule has 2 aromatic rings. The standard InChI is InChI=1S/C15H22N6/c1-12(2)8-16-9-13-4-3-5-17-15(13)20-6-7-21-11-18-19-14(21)10-20/h3-5,11-12,16H,6-10H2,1-2H3. The Morgan fingerprint density at radius 1 is 1.33 bits per heavy atom. The van der Waals surface area contributed by atoms with Crippen molar-refractivity contribution in [2.24, 2.45) is 5.92 Å². The molecule has 0 saturated carbocycles. The van der Waals surface area contributed by atoms with Crippen LogP contribution in [-0.4, -0.2) is 32.8 Å². The lowest BCUT2D eigenvalue weighted by Crippen LogP contribution is -2.35. The lowest BCUT2D eigenvalue weighted by molar-refractivity contribution is 0.540. The van der Waals surface area contributed by atoms with E-state index in [9.17, 15) is 0 Å². The van der Waals surface area contributed by atoms with Crippen LogP contribution in [0.4, 0.5) is 5.82 Å². The van der Waals surface area contributed by atoms with Crippen LogP contribution >= 0.6 is 0 Å². The molecule has 112 valence electrons. The van der Waals surface area contributed by atoms with E-state index < -0.39 is 0 Å². The quantitative estimate of drug-likeness (QED) is 0.901. The van der Waals surface area contributed by atoms with Crippen molar-refractivity contribution in [1.29, 1.82) is 0 Å². The fraction of sp³-hybridized carbons (Fsp3) is 0.533. The SMILES string of the molecule is CC(C)CNCc1cccnc1N1CCn2cnnc2C1. The minimum atomic E-state index is 0.652. The normalized spacial score (nSPS) is 14.5. The van der Waals surface area contributed by atoms with Crippen LogP contribution in [0.1, 0.15) is 25.2 Å². The van der Waals surface area contributed by atoms with Gasteiger partial charge in [0.2, 0.25) is 0 Å². The number of pyridine rings is 1. The number of hydrogen-bond acceptors (Lipinski definition) is 5. The highest BCUT2D eigenvalue weighted by Gasteiger charge is 2.20. The molecule has 0 saturated heterocycles. The molecule has 0 fully saturated rings. The lowest BCUT2D eigenvalue weighted by Gasteiger charge is -2.29. The van der Waals surface area contributed by atoms with Gasteiger partial charge in [0.15, 0.2) is 5.82 Å². The topological polar surface area (TPSA) is 58.9 Å². The van der Waals surface area contributed by atoms with E-state index in [1.54, 1.807) is 6.33 Å². The first-order valence-corrected chi connectivity index (χ1v) is 7.50. The summed E-state index contributed by atoms with van der Waals surface area (Å²) in [5.41, 5.74) is 1.24. The van der Waals surface area contributed by atoms with Gasteiger partial charge in [0.25, 0.3) is 0 Å². The van der Waals surface area contributed by atoms with Crippen LogP contribution in [0.25, 0.3) is 0 Å². The van der Waals surface area contributed by atoms with Gasteiger partial charge in [-0.25, -0.2) is 4.98 Å². The Bertz CT molecular complexity index is 591. The lowest BCUT2D eigenvalue weighted by atomic mass is 10.2. The molecule has 1 aliphatic rings. The number of rotatable bonds is 5. The molecule has 3 heterocycles. The second-order valence-corrected chi connectivity index (χ2v) is 5.87. The molecule has 2 aromatic heterocycles.